The van der Waals surface area contributed by atoms with Gasteiger partial charge in [0.15, 0.2) is 11.6 Å². The molecular weight excluding hydrogens is 216 g/mol. The molecule has 0 saturated heterocycles. The van der Waals surface area contributed by atoms with Gasteiger partial charge in [-0.25, -0.2) is 4.68 Å². The van der Waals surface area contributed by atoms with Crippen LogP contribution in [0.15, 0.2) is 29.4 Å². The first-order chi connectivity index (χ1) is 8.20. The summed E-state index contributed by atoms with van der Waals surface area (Å²) in [6.07, 6.45) is 1.77. The molecule has 2 aromatic rings. The summed E-state index contributed by atoms with van der Waals surface area (Å²) in [7, 11) is 1.65. The molecule has 5 heteroatoms. The lowest BCUT2D eigenvalue weighted by Crippen LogP contribution is -1.96. The van der Waals surface area contributed by atoms with Crippen molar-refractivity contribution in [1.29, 1.82) is 0 Å². The third kappa shape index (κ3) is 2.50. The number of hydrogen-bond acceptors (Lipinski definition) is 4. The zero-order valence-electron chi connectivity index (χ0n) is 10.1. The molecule has 1 aromatic heterocycles. The van der Waals surface area contributed by atoms with Crippen LogP contribution in [0.3, 0.4) is 0 Å². The molecule has 0 aliphatic rings. The minimum atomic E-state index is 0.771. The van der Waals surface area contributed by atoms with Crippen LogP contribution in [0.2, 0.25) is 0 Å². The molecule has 5 nitrogen and oxygen atoms in total. The van der Waals surface area contributed by atoms with Crippen LogP contribution in [0.4, 0.5) is 0 Å². The maximum Gasteiger partial charge on any atom is 0.151 e. The van der Waals surface area contributed by atoms with Crippen molar-refractivity contribution in [3.8, 4) is 5.75 Å². The molecule has 0 bridgehead atoms. The molecule has 0 N–H and O–H groups in total. The molecule has 1 heterocycles. The van der Waals surface area contributed by atoms with E-state index >= 15 is 0 Å². The van der Waals surface area contributed by atoms with Gasteiger partial charge in [0.1, 0.15) is 5.75 Å². The highest BCUT2D eigenvalue weighted by atomic mass is 16.5. The number of aryl methyl sites for hydroxylation is 2. The van der Waals surface area contributed by atoms with Crippen LogP contribution in [0.25, 0.3) is 0 Å². The standard InChI is InChI=1S/C12H14N4O/c1-9-14-15-10(2)16(9)13-8-11-4-6-12(17-3)7-5-11/h4-8H,1-3H3/b13-8-. The second-order valence-corrected chi connectivity index (χ2v) is 3.62. The number of hydrogen-bond donors (Lipinski definition) is 0. The van der Waals surface area contributed by atoms with Crippen molar-refractivity contribution in [1.82, 2.24) is 14.9 Å². The molecule has 0 aliphatic heterocycles. The first-order valence-electron chi connectivity index (χ1n) is 5.28. The van der Waals surface area contributed by atoms with Crippen molar-refractivity contribution in [3.05, 3.63) is 41.5 Å². The Bertz CT molecular complexity index is 508. The smallest absolute Gasteiger partial charge is 0.151 e. The first-order valence-corrected chi connectivity index (χ1v) is 5.28. The summed E-state index contributed by atoms with van der Waals surface area (Å²) in [6.45, 7) is 3.73. The predicted octanol–water partition coefficient (Wildman–Crippen LogP) is 1.79. The van der Waals surface area contributed by atoms with Crippen LogP contribution < -0.4 is 4.74 Å². The maximum atomic E-state index is 5.09. The van der Waals surface area contributed by atoms with Crippen molar-refractivity contribution in [2.75, 3.05) is 7.11 Å². The Morgan fingerprint density at radius 1 is 1.12 bits per heavy atom. The number of nitrogens with zero attached hydrogens (tertiary/aromatic N) is 4. The number of methoxy groups -OCH3 is 1. The Hall–Kier alpha value is -2.17. The quantitative estimate of drug-likeness (QED) is 0.755. The van der Waals surface area contributed by atoms with E-state index in [0.717, 1.165) is 23.0 Å². The molecule has 0 unspecified atom stereocenters. The second kappa shape index (κ2) is 4.78. The number of rotatable bonds is 3. The Labute approximate surface area is 99.8 Å². The molecule has 0 saturated carbocycles. The summed E-state index contributed by atoms with van der Waals surface area (Å²) < 4.78 is 6.79. The summed E-state index contributed by atoms with van der Waals surface area (Å²) in [6, 6.07) is 7.68. The van der Waals surface area contributed by atoms with E-state index in [1.165, 1.54) is 0 Å². The average molecular weight is 230 g/mol. The zero-order valence-corrected chi connectivity index (χ0v) is 10.1. The third-order valence-corrected chi connectivity index (χ3v) is 2.39. The van der Waals surface area contributed by atoms with Gasteiger partial charge in [-0.1, -0.05) is 0 Å². The fraction of sp³-hybridized carbons (Fsp3) is 0.250. The molecule has 0 fully saturated rings. The lowest BCUT2D eigenvalue weighted by Gasteiger charge is -2.00. The molecule has 1 aromatic carbocycles. The fourth-order valence-corrected chi connectivity index (χ4v) is 1.45. The van der Waals surface area contributed by atoms with Crippen molar-refractivity contribution >= 4 is 6.21 Å². The Morgan fingerprint density at radius 2 is 1.71 bits per heavy atom. The van der Waals surface area contributed by atoms with Crippen LogP contribution >= 0.6 is 0 Å². The van der Waals surface area contributed by atoms with Gasteiger partial charge in [-0.2, -0.15) is 5.10 Å². The van der Waals surface area contributed by atoms with Crippen LogP contribution in [0, 0.1) is 13.8 Å². The van der Waals surface area contributed by atoms with Gasteiger partial charge in [-0.15, -0.1) is 10.2 Å². The van der Waals surface area contributed by atoms with Gasteiger partial charge in [0.05, 0.1) is 13.3 Å². The van der Waals surface area contributed by atoms with Gasteiger partial charge in [0, 0.05) is 0 Å². The minimum Gasteiger partial charge on any atom is -0.497 e. The number of aromatic nitrogens is 3. The molecule has 0 radical (unpaired) electrons. The Morgan fingerprint density at radius 3 is 2.24 bits per heavy atom. The monoisotopic (exact) mass is 230 g/mol. The predicted molar refractivity (Wildman–Crippen MR) is 65.5 cm³/mol. The van der Waals surface area contributed by atoms with Gasteiger partial charge < -0.3 is 4.74 Å². The molecule has 17 heavy (non-hydrogen) atoms. The molecule has 0 spiro atoms. The average Bonchev–Trinajstić information content (AvgIpc) is 2.67. The minimum absolute atomic E-state index is 0.771. The van der Waals surface area contributed by atoms with E-state index in [1.54, 1.807) is 18.0 Å². The van der Waals surface area contributed by atoms with Crippen LogP contribution in [0.5, 0.6) is 5.75 Å². The van der Waals surface area contributed by atoms with Crippen LogP contribution in [-0.2, 0) is 0 Å². The number of ether oxygens (including phenoxy) is 1. The Balaban J connectivity index is 2.20. The molecule has 0 amide bonds. The van der Waals surface area contributed by atoms with E-state index < -0.39 is 0 Å². The van der Waals surface area contributed by atoms with E-state index in [4.69, 9.17) is 4.74 Å². The molecule has 2 rings (SSSR count). The van der Waals surface area contributed by atoms with Crippen LogP contribution in [0.1, 0.15) is 17.2 Å². The second-order valence-electron chi connectivity index (χ2n) is 3.62. The molecule has 0 atom stereocenters. The summed E-state index contributed by atoms with van der Waals surface area (Å²) in [5, 5.41) is 12.2. The topological polar surface area (TPSA) is 52.3 Å². The largest absolute Gasteiger partial charge is 0.497 e. The molecular formula is C12H14N4O. The highest BCUT2D eigenvalue weighted by Gasteiger charge is 2.00. The van der Waals surface area contributed by atoms with E-state index in [1.807, 2.05) is 38.1 Å². The lowest BCUT2D eigenvalue weighted by molar-refractivity contribution is 0.415. The van der Waals surface area contributed by atoms with E-state index in [0.29, 0.717) is 0 Å². The summed E-state index contributed by atoms with van der Waals surface area (Å²) in [5.41, 5.74) is 0.998. The Kier molecular flexibility index (Phi) is 3.18. The number of benzene rings is 1. The van der Waals surface area contributed by atoms with Crippen LogP contribution in [-0.4, -0.2) is 28.2 Å². The van der Waals surface area contributed by atoms with E-state index in [-0.39, 0.29) is 0 Å². The van der Waals surface area contributed by atoms with Gasteiger partial charge in [0.2, 0.25) is 0 Å². The molecule has 0 aliphatic carbocycles. The maximum absolute atomic E-state index is 5.09. The zero-order chi connectivity index (χ0) is 12.3. The summed E-state index contributed by atoms with van der Waals surface area (Å²) in [5.74, 6) is 2.37. The molecule has 88 valence electrons. The van der Waals surface area contributed by atoms with Crippen molar-refractivity contribution in [2.45, 2.75) is 13.8 Å². The highest BCUT2D eigenvalue weighted by molar-refractivity contribution is 5.79. The third-order valence-electron chi connectivity index (χ3n) is 2.39. The first kappa shape index (κ1) is 11.3. The highest BCUT2D eigenvalue weighted by Crippen LogP contribution is 2.10. The lowest BCUT2D eigenvalue weighted by atomic mass is 10.2. The van der Waals surface area contributed by atoms with Crippen molar-refractivity contribution in [2.24, 2.45) is 5.10 Å². The fourth-order valence-electron chi connectivity index (χ4n) is 1.45. The van der Waals surface area contributed by atoms with E-state index in [9.17, 15) is 0 Å². The van der Waals surface area contributed by atoms with Crippen molar-refractivity contribution < 1.29 is 4.74 Å². The van der Waals surface area contributed by atoms with Gasteiger partial charge in [0.25, 0.3) is 0 Å². The van der Waals surface area contributed by atoms with Gasteiger partial charge in [-0.3, -0.25) is 0 Å². The van der Waals surface area contributed by atoms with Gasteiger partial charge >= 0.3 is 0 Å². The summed E-state index contributed by atoms with van der Waals surface area (Å²) in [4.78, 5) is 0. The normalized spacial score (nSPS) is 11.0. The van der Waals surface area contributed by atoms with E-state index in [2.05, 4.69) is 15.3 Å². The van der Waals surface area contributed by atoms with Crippen molar-refractivity contribution in [3.63, 3.8) is 0 Å². The summed E-state index contributed by atoms with van der Waals surface area (Å²) >= 11 is 0. The van der Waals surface area contributed by atoms with Gasteiger partial charge in [-0.05, 0) is 43.7 Å². The SMILES string of the molecule is COc1ccc(/C=N\n2c(C)nnc2C)cc1.